The monoisotopic (exact) mass is 479 g/mol. The third kappa shape index (κ3) is 2.89. The third-order valence-electron chi connectivity index (χ3n) is 12.3. The van der Waals surface area contributed by atoms with Crippen LogP contribution in [0.15, 0.2) is 0 Å². The fourth-order valence-corrected chi connectivity index (χ4v) is 10.6. The summed E-state index contributed by atoms with van der Waals surface area (Å²) >= 11 is 0. The Morgan fingerprint density at radius 2 is 1.44 bits per heavy atom. The SMILES string of the molecule is C[C@H]1CC[C@@H]2N(C1)C[C@@H]1[C@@H]([C@@H](O)C[C@@]3(O)[C@@H]4C[C@H](O)[C@H]5C[C@@H](O)CC[C@]5(C)[C@H]4C[C@@]13O)[C@]2(C)O. The summed E-state index contributed by atoms with van der Waals surface area (Å²) in [6.07, 6.45) is 2.86. The molecule has 4 saturated carbocycles. The highest BCUT2D eigenvalue weighted by Crippen LogP contribution is 2.69. The fourth-order valence-electron chi connectivity index (χ4n) is 10.6. The molecule has 2 heterocycles. The van der Waals surface area contributed by atoms with Crippen molar-refractivity contribution >= 4 is 0 Å². The van der Waals surface area contributed by atoms with Gasteiger partial charge in [0.25, 0.3) is 0 Å². The van der Waals surface area contributed by atoms with E-state index in [4.69, 9.17) is 0 Å². The van der Waals surface area contributed by atoms with E-state index in [-0.39, 0.29) is 35.6 Å². The molecule has 194 valence electrons. The summed E-state index contributed by atoms with van der Waals surface area (Å²) in [5.41, 5.74) is -4.33. The minimum atomic E-state index is -1.49. The van der Waals surface area contributed by atoms with Gasteiger partial charge in [0.2, 0.25) is 0 Å². The van der Waals surface area contributed by atoms with Crippen LogP contribution in [0.4, 0.5) is 0 Å². The van der Waals surface area contributed by atoms with Crippen molar-refractivity contribution in [2.75, 3.05) is 13.1 Å². The smallest absolute Gasteiger partial charge is 0.0993 e. The normalized spacial score (nSPS) is 63.8. The van der Waals surface area contributed by atoms with E-state index in [2.05, 4.69) is 18.7 Å². The minimum absolute atomic E-state index is 0.0114. The number of fused-ring (bicyclic) bond motifs is 8. The lowest BCUT2D eigenvalue weighted by Crippen LogP contribution is -2.77. The van der Waals surface area contributed by atoms with Crippen LogP contribution in [0.25, 0.3) is 0 Å². The van der Waals surface area contributed by atoms with Crippen LogP contribution in [-0.2, 0) is 0 Å². The summed E-state index contributed by atoms with van der Waals surface area (Å²) in [7, 11) is 0. The molecule has 0 spiro atoms. The van der Waals surface area contributed by atoms with Gasteiger partial charge in [-0.25, -0.2) is 0 Å². The lowest BCUT2D eigenvalue weighted by Gasteiger charge is -2.64. The van der Waals surface area contributed by atoms with Crippen molar-refractivity contribution in [2.24, 2.45) is 40.9 Å². The molecule has 2 aliphatic heterocycles. The van der Waals surface area contributed by atoms with Crippen LogP contribution in [0.2, 0.25) is 0 Å². The molecule has 34 heavy (non-hydrogen) atoms. The molecule has 4 aliphatic carbocycles. The number of aliphatic hydroxyl groups excluding tert-OH is 3. The standard InChI is InChI=1S/C27H45NO6/c1-14-4-5-22-25(3,32)23-19(13-28(22)12-14)26(33)10-18-16(27(26,34)11-21(23)31)9-20(30)17-8-15(29)6-7-24(17,18)2/h14-23,29-34H,4-13H2,1-3H3/t14-,15-,16+,17+,18-,19+,20-,21-,22-,23-,24-,25+,26+,27+/m0/s1. The van der Waals surface area contributed by atoms with Gasteiger partial charge >= 0.3 is 0 Å². The van der Waals surface area contributed by atoms with Crippen molar-refractivity contribution in [2.45, 2.75) is 113 Å². The zero-order valence-corrected chi connectivity index (χ0v) is 21.0. The van der Waals surface area contributed by atoms with Gasteiger partial charge in [0, 0.05) is 37.4 Å². The predicted molar refractivity (Wildman–Crippen MR) is 126 cm³/mol. The quantitative estimate of drug-likeness (QED) is 0.305. The van der Waals surface area contributed by atoms with Crippen LogP contribution in [0.1, 0.15) is 72.1 Å². The highest BCUT2D eigenvalue weighted by Gasteiger charge is 2.76. The second-order valence-corrected chi connectivity index (χ2v) is 13.9. The van der Waals surface area contributed by atoms with Gasteiger partial charge < -0.3 is 30.6 Å². The second-order valence-electron chi connectivity index (χ2n) is 13.9. The van der Waals surface area contributed by atoms with Crippen molar-refractivity contribution in [3.05, 3.63) is 0 Å². The number of aliphatic hydroxyl groups is 6. The van der Waals surface area contributed by atoms with Gasteiger partial charge in [0.15, 0.2) is 0 Å². The number of nitrogens with zero attached hydrogens (tertiary/aromatic N) is 1. The Labute approximate surface area is 203 Å². The first-order valence-corrected chi connectivity index (χ1v) is 13.8. The summed E-state index contributed by atoms with van der Waals surface area (Å²) in [6, 6.07) is -0.0402. The maximum atomic E-state index is 12.5. The molecular formula is C27H45NO6. The largest absolute Gasteiger partial charge is 0.393 e. The summed E-state index contributed by atoms with van der Waals surface area (Å²) < 4.78 is 0. The highest BCUT2D eigenvalue weighted by molar-refractivity contribution is 5.27. The van der Waals surface area contributed by atoms with Crippen LogP contribution in [-0.4, -0.2) is 89.8 Å². The van der Waals surface area contributed by atoms with Gasteiger partial charge in [0.1, 0.15) is 0 Å². The Kier molecular flexibility index (Phi) is 5.24. The first kappa shape index (κ1) is 24.1. The molecule has 0 aromatic carbocycles. The van der Waals surface area contributed by atoms with Gasteiger partial charge in [-0.05, 0) is 81.0 Å². The maximum absolute atomic E-state index is 12.5. The van der Waals surface area contributed by atoms with Crippen molar-refractivity contribution in [1.82, 2.24) is 4.90 Å². The Morgan fingerprint density at radius 3 is 2.18 bits per heavy atom. The maximum Gasteiger partial charge on any atom is 0.0993 e. The van der Waals surface area contributed by atoms with Crippen LogP contribution in [0.3, 0.4) is 0 Å². The summed E-state index contributed by atoms with van der Waals surface area (Å²) in [5, 5.41) is 69.6. The van der Waals surface area contributed by atoms with E-state index in [1.165, 1.54) is 0 Å². The van der Waals surface area contributed by atoms with E-state index in [0.29, 0.717) is 38.1 Å². The zero-order valence-electron chi connectivity index (χ0n) is 21.0. The third-order valence-corrected chi connectivity index (χ3v) is 12.3. The van der Waals surface area contributed by atoms with Crippen LogP contribution in [0.5, 0.6) is 0 Å². The molecule has 0 aromatic rings. The van der Waals surface area contributed by atoms with Crippen LogP contribution < -0.4 is 0 Å². The molecule has 0 bridgehead atoms. The highest BCUT2D eigenvalue weighted by atomic mass is 16.4. The summed E-state index contributed by atoms with van der Waals surface area (Å²) in [6.45, 7) is 7.67. The summed E-state index contributed by atoms with van der Waals surface area (Å²) in [4.78, 5) is 2.31. The van der Waals surface area contributed by atoms with E-state index in [1.54, 1.807) is 0 Å². The molecule has 2 saturated heterocycles. The van der Waals surface area contributed by atoms with Crippen molar-refractivity contribution in [3.63, 3.8) is 0 Å². The number of rotatable bonds is 0. The Hall–Kier alpha value is -0.280. The average Bonchev–Trinajstić information content (AvgIpc) is 2.97. The lowest BCUT2D eigenvalue weighted by atomic mass is 9.50. The zero-order chi connectivity index (χ0) is 24.4. The van der Waals surface area contributed by atoms with E-state index >= 15 is 0 Å². The molecular weight excluding hydrogens is 434 g/mol. The van der Waals surface area contributed by atoms with Gasteiger partial charge in [-0.2, -0.15) is 0 Å². The topological polar surface area (TPSA) is 125 Å². The molecule has 0 aromatic heterocycles. The first-order valence-electron chi connectivity index (χ1n) is 13.8. The summed E-state index contributed by atoms with van der Waals surface area (Å²) in [5.74, 6) is -0.751. The Morgan fingerprint density at radius 1 is 0.735 bits per heavy atom. The molecule has 7 heteroatoms. The van der Waals surface area contributed by atoms with Gasteiger partial charge in [-0.3, -0.25) is 4.90 Å². The fraction of sp³-hybridized carbons (Fsp3) is 1.00. The molecule has 6 N–H and O–H groups in total. The van der Waals surface area contributed by atoms with Crippen LogP contribution >= 0.6 is 0 Å². The van der Waals surface area contributed by atoms with Crippen molar-refractivity contribution in [3.8, 4) is 0 Å². The van der Waals surface area contributed by atoms with E-state index in [1.807, 2.05) is 6.92 Å². The molecule has 0 unspecified atom stereocenters. The predicted octanol–water partition coefficient (Wildman–Crippen LogP) is 0.879. The molecule has 14 atom stereocenters. The molecule has 0 amide bonds. The van der Waals surface area contributed by atoms with Gasteiger partial charge in [-0.15, -0.1) is 0 Å². The molecule has 7 nitrogen and oxygen atoms in total. The number of hydrogen-bond donors (Lipinski definition) is 6. The molecule has 6 aliphatic rings. The van der Waals surface area contributed by atoms with E-state index in [9.17, 15) is 30.6 Å². The number of hydrogen-bond acceptors (Lipinski definition) is 7. The molecule has 0 radical (unpaired) electrons. The molecule has 6 fully saturated rings. The van der Waals surface area contributed by atoms with Crippen molar-refractivity contribution in [1.29, 1.82) is 0 Å². The van der Waals surface area contributed by atoms with Gasteiger partial charge in [-0.1, -0.05) is 13.8 Å². The van der Waals surface area contributed by atoms with Gasteiger partial charge in [0.05, 0.1) is 35.1 Å². The molecule has 6 rings (SSSR count). The number of piperidine rings is 2. The van der Waals surface area contributed by atoms with Crippen molar-refractivity contribution < 1.29 is 30.6 Å². The van der Waals surface area contributed by atoms with Crippen LogP contribution in [0, 0.1) is 40.9 Å². The Bertz CT molecular complexity index is 838. The minimum Gasteiger partial charge on any atom is -0.393 e. The Balaban J connectivity index is 1.41. The van der Waals surface area contributed by atoms with E-state index < -0.39 is 47.0 Å². The first-order chi connectivity index (χ1) is 15.8. The average molecular weight is 480 g/mol. The van der Waals surface area contributed by atoms with E-state index in [0.717, 1.165) is 25.8 Å². The second kappa shape index (κ2) is 7.40. The lowest BCUT2D eigenvalue weighted by molar-refractivity contribution is -0.293.